The number of benzene rings is 1. The van der Waals surface area contributed by atoms with Gasteiger partial charge in [0.15, 0.2) is 0 Å². The summed E-state index contributed by atoms with van der Waals surface area (Å²) in [6.45, 7) is 2.30. The van der Waals surface area contributed by atoms with E-state index in [1.807, 2.05) is 24.3 Å². The highest BCUT2D eigenvalue weighted by atomic mass is 79.9. The molecule has 2 aromatic rings. The summed E-state index contributed by atoms with van der Waals surface area (Å²) in [4.78, 5) is 0. The van der Waals surface area contributed by atoms with Gasteiger partial charge in [-0.1, -0.05) is 12.1 Å². The van der Waals surface area contributed by atoms with Gasteiger partial charge in [-0.25, -0.2) is 0 Å². The zero-order valence-electron chi connectivity index (χ0n) is 8.20. The number of hydrogen-bond acceptors (Lipinski definition) is 4. The molecule has 0 aliphatic heterocycles. The molecule has 0 amide bonds. The van der Waals surface area contributed by atoms with Crippen molar-refractivity contribution in [3.63, 3.8) is 0 Å². The molecule has 5 heteroatoms. The molecule has 2 rings (SSSR count). The quantitative estimate of drug-likeness (QED) is 0.929. The van der Waals surface area contributed by atoms with Crippen LogP contribution in [-0.4, -0.2) is 10.2 Å². The normalized spacial score (nSPS) is 10.3. The topological polar surface area (TPSA) is 51.0 Å². The molecular weight excluding hydrogens is 258 g/mol. The van der Waals surface area contributed by atoms with E-state index >= 15 is 0 Å². The number of rotatable bonds is 3. The number of para-hydroxylation sites is 1. The Hall–Kier alpha value is -1.36. The van der Waals surface area contributed by atoms with Crippen LogP contribution in [0.15, 0.2) is 33.2 Å². The van der Waals surface area contributed by atoms with E-state index in [1.54, 1.807) is 6.92 Å². The molecule has 1 aromatic carbocycles. The highest BCUT2D eigenvalue weighted by Crippen LogP contribution is 2.21. The number of nitrogens with zero attached hydrogens (tertiary/aromatic N) is 2. The van der Waals surface area contributed by atoms with Crippen molar-refractivity contribution in [3.8, 4) is 0 Å². The first-order valence-corrected chi connectivity index (χ1v) is 5.32. The van der Waals surface area contributed by atoms with Gasteiger partial charge in [-0.3, -0.25) is 0 Å². The molecule has 0 aliphatic carbocycles. The second kappa shape index (κ2) is 4.44. The Kier molecular flexibility index (Phi) is 3.01. The van der Waals surface area contributed by atoms with Crippen LogP contribution in [-0.2, 0) is 6.54 Å². The van der Waals surface area contributed by atoms with Crippen LogP contribution in [0, 0.1) is 6.92 Å². The molecule has 78 valence electrons. The van der Waals surface area contributed by atoms with Gasteiger partial charge in [-0.15, -0.1) is 10.2 Å². The lowest BCUT2D eigenvalue weighted by Crippen LogP contribution is -2.00. The minimum Gasteiger partial charge on any atom is -0.424 e. The maximum absolute atomic E-state index is 5.25. The third-order valence-corrected chi connectivity index (χ3v) is 2.56. The van der Waals surface area contributed by atoms with Gasteiger partial charge in [-0.05, 0) is 28.1 Å². The van der Waals surface area contributed by atoms with E-state index in [0.717, 1.165) is 10.2 Å². The molecule has 0 aliphatic rings. The van der Waals surface area contributed by atoms with Crippen LogP contribution in [0.1, 0.15) is 11.8 Å². The summed E-state index contributed by atoms with van der Waals surface area (Å²) in [5, 5.41) is 10.8. The largest absolute Gasteiger partial charge is 0.424 e. The van der Waals surface area contributed by atoms with Gasteiger partial charge < -0.3 is 9.73 Å². The second-order valence-corrected chi connectivity index (χ2v) is 3.90. The van der Waals surface area contributed by atoms with E-state index in [0.29, 0.717) is 18.3 Å². The van der Waals surface area contributed by atoms with Gasteiger partial charge >= 0.3 is 0 Å². The van der Waals surface area contributed by atoms with Crippen LogP contribution in [0.3, 0.4) is 0 Å². The van der Waals surface area contributed by atoms with Crippen molar-refractivity contribution >= 4 is 21.6 Å². The third kappa shape index (κ3) is 2.56. The van der Waals surface area contributed by atoms with Gasteiger partial charge in [0, 0.05) is 17.1 Å². The Balaban J connectivity index is 2.02. The lowest BCUT2D eigenvalue weighted by atomic mass is 10.3. The minimum atomic E-state index is 0.531. The lowest BCUT2D eigenvalue weighted by Gasteiger charge is -2.04. The molecule has 4 nitrogen and oxygen atoms in total. The molecule has 0 radical (unpaired) electrons. The summed E-state index contributed by atoms with van der Waals surface area (Å²) in [6.07, 6.45) is 0. The molecule has 1 heterocycles. The molecule has 0 saturated heterocycles. The maximum atomic E-state index is 5.25. The number of aryl methyl sites for hydroxylation is 1. The number of nitrogens with one attached hydrogen (secondary N) is 1. The summed E-state index contributed by atoms with van der Waals surface area (Å²) in [6, 6.07) is 7.88. The maximum Gasteiger partial charge on any atom is 0.235 e. The van der Waals surface area contributed by atoms with Crippen molar-refractivity contribution < 1.29 is 4.42 Å². The van der Waals surface area contributed by atoms with Crippen LogP contribution in [0.25, 0.3) is 0 Å². The van der Waals surface area contributed by atoms with Crippen LogP contribution in [0.2, 0.25) is 0 Å². The highest BCUT2D eigenvalue weighted by molar-refractivity contribution is 9.10. The van der Waals surface area contributed by atoms with Crippen molar-refractivity contribution in [2.45, 2.75) is 13.5 Å². The zero-order valence-corrected chi connectivity index (χ0v) is 9.78. The standard InChI is InChI=1S/C10H10BrN3O/c1-7-13-14-10(15-7)6-12-9-5-3-2-4-8(9)11/h2-5,12H,6H2,1H3. The average molecular weight is 268 g/mol. The third-order valence-electron chi connectivity index (χ3n) is 1.87. The van der Waals surface area contributed by atoms with Crippen molar-refractivity contribution in [1.29, 1.82) is 0 Å². The fourth-order valence-electron chi connectivity index (χ4n) is 1.18. The highest BCUT2D eigenvalue weighted by Gasteiger charge is 2.02. The fraction of sp³-hybridized carbons (Fsp3) is 0.200. The zero-order chi connectivity index (χ0) is 10.7. The predicted molar refractivity (Wildman–Crippen MR) is 60.5 cm³/mol. The number of anilines is 1. The average Bonchev–Trinajstić information content (AvgIpc) is 2.63. The Labute approximate surface area is 95.8 Å². The molecule has 0 atom stereocenters. The SMILES string of the molecule is Cc1nnc(CNc2ccccc2Br)o1. The molecule has 15 heavy (non-hydrogen) atoms. The number of hydrogen-bond donors (Lipinski definition) is 1. The molecule has 1 aromatic heterocycles. The van der Waals surface area contributed by atoms with E-state index in [1.165, 1.54) is 0 Å². The van der Waals surface area contributed by atoms with Crippen LogP contribution in [0.5, 0.6) is 0 Å². The summed E-state index contributed by atoms with van der Waals surface area (Å²) >= 11 is 3.45. The Morgan fingerprint density at radius 1 is 1.33 bits per heavy atom. The molecule has 0 spiro atoms. The number of aromatic nitrogens is 2. The monoisotopic (exact) mass is 267 g/mol. The summed E-state index contributed by atoms with van der Waals surface area (Å²) < 4.78 is 6.26. The molecule has 0 bridgehead atoms. The summed E-state index contributed by atoms with van der Waals surface area (Å²) in [7, 11) is 0. The van der Waals surface area contributed by atoms with Gasteiger partial charge in [0.1, 0.15) is 0 Å². The summed E-state index contributed by atoms with van der Waals surface area (Å²) in [5.74, 6) is 1.17. The number of halogens is 1. The van der Waals surface area contributed by atoms with Gasteiger partial charge in [0.2, 0.25) is 11.8 Å². The minimum absolute atomic E-state index is 0.531. The first kappa shape index (κ1) is 10.2. The molecule has 0 saturated carbocycles. The van der Waals surface area contributed by atoms with E-state index in [2.05, 4.69) is 31.4 Å². The molecule has 0 unspecified atom stereocenters. The Morgan fingerprint density at radius 2 is 2.13 bits per heavy atom. The van der Waals surface area contributed by atoms with E-state index in [-0.39, 0.29) is 0 Å². The first-order valence-electron chi connectivity index (χ1n) is 4.53. The van der Waals surface area contributed by atoms with Gasteiger partial charge in [-0.2, -0.15) is 0 Å². The molecular formula is C10H10BrN3O. The fourth-order valence-corrected chi connectivity index (χ4v) is 1.61. The van der Waals surface area contributed by atoms with Crippen molar-refractivity contribution in [2.24, 2.45) is 0 Å². The first-order chi connectivity index (χ1) is 7.25. The van der Waals surface area contributed by atoms with E-state index in [4.69, 9.17) is 4.42 Å². The Bertz CT molecular complexity index is 455. The van der Waals surface area contributed by atoms with Crippen LogP contribution in [0.4, 0.5) is 5.69 Å². The van der Waals surface area contributed by atoms with Crippen LogP contribution >= 0.6 is 15.9 Å². The van der Waals surface area contributed by atoms with Crippen molar-refractivity contribution in [2.75, 3.05) is 5.32 Å². The summed E-state index contributed by atoms with van der Waals surface area (Å²) in [5.41, 5.74) is 1.01. The lowest BCUT2D eigenvalue weighted by molar-refractivity contribution is 0.475. The smallest absolute Gasteiger partial charge is 0.235 e. The molecule has 1 N–H and O–H groups in total. The van der Waals surface area contributed by atoms with Crippen LogP contribution < -0.4 is 5.32 Å². The van der Waals surface area contributed by atoms with E-state index in [9.17, 15) is 0 Å². The molecule has 0 fully saturated rings. The van der Waals surface area contributed by atoms with Crippen molar-refractivity contribution in [3.05, 3.63) is 40.5 Å². The van der Waals surface area contributed by atoms with Gasteiger partial charge in [0.25, 0.3) is 0 Å². The predicted octanol–water partition coefficient (Wildman–Crippen LogP) is 2.75. The van der Waals surface area contributed by atoms with E-state index < -0.39 is 0 Å². The van der Waals surface area contributed by atoms with Crippen molar-refractivity contribution in [1.82, 2.24) is 10.2 Å². The Morgan fingerprint density at radius 3 is 2.80 bits per heavy atom. The second-order valence-electron chi connectivity index (χ2n) is 3.05. The van der Waals surface area contributed by atoms with Gasteiger partial charge in [0.05, 0.1) is 6.54 Å².